The molecule has 1 aliphatic carbocycles. The second kappa shape index (κ2) is 12.7. The highest BCUT2D eigenvalue weighted by atomic mass is 32.2. The Balaban J connectivity index is 1.44. The number of benzene rings is 2. The van der Waals surface area contributed by atoms with Crippen molar-refractivity contribution < 1.29 is 18.1 Å². The molecule has 0 spiro atoms. The number of aryl methyl sites for hydroxylation is 2. The minimum absolute atomic E-state index is 0.114. The Morgan fingerprint density at radius 3 is 1.94 bits per heavy atom. The predicted molar refractivity (Wildman–Crippen MR) is 139 cm³/mol. The van der Waals surface area contributed by atoms with Gasteiger partial charge in [0.25, 0.3) is 10.1 Å². The highest BCUT2D eigenvalue weighted by Crippen LogP contribution is 2.35. The zero-order chi connectivity index (χ0) is 24.6. The van der Waals surface area contributed by atoms with E-state index in [1.165, 1.54) is 88.3 Å². The summed E-state index contributed by atoms with van der Waals surface area (Å²) in [6, 6.07) is 11.2. The Labute approximate surface area is 206 Å². The lowest BCUT2D eigenvalue weighted by molar-refractivity contribution is 0.245. The topological polar surface area (TPSA) is 74.6 Å². The number of hydrogen-bond acceptors (Lipinski definition) is 3. The van der Waals surface area contributed by atoms with E-state index in [0.717, 1.165) is 23.8 Å². The van der Waals surface area contributed by atoms with Crippen LogP contribution in [0.3, 0.4) is 0 Å². The van der Waals surface area contributed by atoms with Crippen LogP contribution < -0.4 is 0 Å². The largest absolute Gasteiger partial charge is 0.508 e. The Kier molecular flexibility index (Phi) is 10.0. The summed E-state index contributed by atoms with van der Waals surface area (Å²) in [6.45, 7) is 3.90. The van der Waals surface area contributed by atoms with E-state index in [-0.39, 0.29) is 22.6 Å². The maximum atomic E-state index is 11.8. The lowest BCUT2D eigenvalue weighted by Crippen LogP contribution is -2.14. The van der Waals surface area contributed by atoms with Crippen molar-refractivity contribution in [2.75, 3.05) is 0 Å². The molecule has 0 atom stereocenters. The van der Waals surface area contributed by atoms with Gasteiger partial charge in [0, 0.05) is 12.0 Å². The monoisotopic (exact) mass is 486 g/mol. The third-order valence-corrected chi connectivity index (χ3v) is 8.69. The molecule has 5 heteroatoms. The first-order valence-electron chi connectivity index (χ1n) is 13.1. The van der Waals surface area contributed by atoms with Crippen molar-refractivity contribution in [3.05, 3.63) is 58.7 Å². The highest BCUT2D eigenvalue weighted by Gasteiger charge is 2.22. The third kappa shape index (κ3) is 7.84. The van der Waals surface area contributed by atoms with Gasteiger partial charge in [-0.25, -0.2) is 0 Å². The van der Waals surface area contributed by atoms with Crippen LogP contribution in [0.2, 0.25) is 0 Å². The molecule has 0 aliphatic heterocycles. The summed E-state index contributed by atoms with van der Waals surface area (Å²) in [7, 11) is -4.41. The molecule has 1 aliphatic rings. The van der Waals surface area contributed by atoms with Gasteiger partial charge in [-0.2, -0.15) is 8.42 Å². The first-order valence-corrected chi connectivity index (χ1v) is 14.6. The van der Waals surface area contributed by atoms with E-state index in [1.54, 1.807) is 6.92 Å². The van der Waals surface area contributed by atoms with Gasteiger partial charge in [-0.15, -0.1) is 0 Å². The van der Waals surface area contributed by atoms with Gasteiger partial charge in [0.05, 0.1) is 0 Å². The van der Waals surface area contributed by atoms with Crippen LogP contribution in [-0.4, -0.2) is 18.1 Å². The molecule has 0 unspecified atom stereocenters. The molecule has 0 heterocycles. The SMILES string of the molecule is CCCCC[C@H]1CC[C@H](CCCCc2ccc(Cc3c(O)ccc(C)c3S(=O)(=O)O)cc2)CC1. The van der Waals surface area contributed by atoms with Crippen molar-refractivity contribution in [1.29, 1.82) is 0 Å². The fourth-order valence-electron chi connectivity index (χ4n) is 5.55. The van der Waals surface area contributed by atoms with E-state index < -0.39 is 10.1 Å². The fourth-order valence-corrected chi connectivity index (χ4v) is 6.51. The van der Waals surface area contributed by atoms with Crippen LogP contribution >= 0.6 is 0 Å². The van der Waals surface area contributed by atoms with E-state index >= 15 is 0 Å². The molecule has 0 amide bonds. The Bertz CT molecular complexity index is 1000. The highest BCUT2D eigenvalue weighted by molar-refractivity contribution is 7.86. The number of hydrogen-bond donors (Lipinski definition) is 2. The van der Waals surface area contributed by atoms with Crippen LogP contribution in [0.4, 0.5) is 0 Å². The number of phenolic OH excluding ortho intramolecular Hbond substituents is 1. The van der Waals surface area contributed by atoms with Crippen molar-refractivity contribution in [1.82, 2.24) is 0 Å². The van der Waals surface area contributed by atoms with Gasteiger partial charge in [0.15, 0.2) is 0 Å². The molecule has 1 saturated carbocycles. The molecule has 4 nitrogen and oxygen atoms in total. The summed E-state index contributed by atoms with van der Waals surface area (Å²) in [6.07, 6.45) is 16.4. The van der Waals surface area contributed by atoms with E-state index in [9.17, 15) is 18.1 Å². The molecule has 2 N–H and O–H groups in total. The lowest BCUT2D eigenvalue weighted by atomic mass is 9.78. The van der Waals surface area contributed by atoms with E-state index in [1.807, 2.05) is 12.1 Å². The Hall–Kier alpha value is -1.85. The van der Waals surface area contributed by atoms with Crippen LogP contribution in [0.15, 0.2) is 41.3 Å². The minimum atomic E-state index is -4.41. The molecule has 3 rings (SSSR count). The average Bonchev–Trinajstić information content (AvgIpc) is 2.80. The van der Waals surface area contributed by atoms with Crippen molar-refractivity contribution in [2.45, 2.75) is 102 Å². The standard InChI is InChI=1S/C29H42O4S/c1-3-4-5-8-23-12-14-24(15-13-23)9-6-7-10-25-16-18-26(19-17-25)21-27-28(30)20-11-22(2)29(27)34(31,32)33/h11,16-20,23-24,30H,3-10,12-15,21H2,1-2H3,(H,31,32,33)/t23-,24-. The quantitative estimate of drug-likeness (QED) is 0.239. The van der Waals surface area contributed by atoms with Crippen LogP contribution in [0.25, 0.3) is 0 Å². The summed E-state index contributed by atoms with van der Waals surface area (Å²) < 4.78 is 33.3. The molecule has 0 bridgehead atoms. The van der Waals surface area contributed by atoms with Crippen LogP contribution in [-0.2, 0) is 23.0 Å². The molecular formula is C29H42O4S. The predicted octanol–water partition coefficient (Wildman–Crippen LogP) is 7.64. The number of aromatic hydroxyl groups is 1. The number of unbranched alkanes of at least 4 members (excludes halogenated alkanes) is 3. The van der Waals surface area contributed by atoms with Crippen LogP contribution in [0.1, 0.15) is 99.8 Å². The normalized spacial score (nSPS) is 18.8. The molecule has 0 aromatic heterocycles. The van der Waals surface area contributed by atoms with Crippen molar-refractivity contribution in [3.63, 3.8) is 0 Å². The van der Waals surface area contributed by atoms with Gasteiger partial charge in [-0.3, -0.25) is 4.55 Å². The van der Waals surface area contributed by atoms with Crippen LogP contribution in [0.5, 0.6) is 5.75 Å². The molecular weight excluding hydrogens is 444 g/mol. The van der Waals surface area contributed by atoms with Crippen molar-refractivity contribution >= 4 is 10.1 Å². The van der Waals surface area contributed by atoms with E-state index in [2.05, 4.69) is 19.1 Å². The molecule has 188 valence electrons. The lowest BCUT2D eigenvalue weighted by Gasteiger charge is -2.28. The molecule has 0 saturated heterocycles. The number of phenols is 1. The number of rotatable bonds is 12. The smallest absolute Gasteiger partial charge is 0.295 e. The van der Waals surface area contributed by atoms with Gasteiger partial charge >= 0.3 is 0 Å². The van der Waals surface area contributed by atoms with E-state index in [0.29, 0.717) is 5.56 Å². The average molecular weight is 487 g/mol. The second-order valence-electron chi connectivity index (χ2n) is 10.3. The zero-order valence-electron chi connectivity index (χ0n) is 20.9. The van der Waals surface area contributed by atoms with Gasteiger partial charge in [0.1, 0.15) is 10.6 Å². The third-order valence-electron chi connectivity index (χ3n) is 7.60. The fraction of sp³-hybridized carbons (Fsp3) is 0.586. The summed E-state index contributed by atoms with van der Waals surface area (Å²) in [5.41, 5.74) is 2.87. The first kappa shape index (κ1) is 26.7. The molecule has 0 radical (unpaired) electrons. The Morgan fingerprint density at radius 1 is 0.824 bits per heavy atom. The summed E-state index contributed by atoms with van der Waals surface area (Å²) in [4.78, 5) is -0.188. The van der Waals surface area contributed by atoms with E-state index in [4.69, 9.17) is 0 Å². The second-order valence-corrected chi connectivity index (χ2v) is 11.7. The molecule has 2 aromatic rings. The van der Waals surface area contributed by atoms with Gasteiger partial charge in [0.2, 0.25) is 0 Å². The maximum absolute atomic E-state index is 11.8. The van der Waals surface area contributed by atoms with Gasteiger partial charge in [-0.1, -0.05) is 101 Å². The molecule has 2 aromatic carbocycles. The molecule has 1 fully saturated rings. The minimum Gasteiger partial charge on any atom is -0.508 e. The Morgan fingerprint density at radius 2 is 1.38 bits per heavy atom. The van der Waals surface area contributed by atoms with Gasteiger partial charge < -0.3 is 5.11 Å². The zero-order valence-corrected chi connectivity index (χ0v) is 21.7. The van der Waals surface area contributed by atoms with Crippen molar-refractivity contribution in [3.8, 4) is 5.75 Å². The van der Waals surface area contributed by atoms with Crippen molar-refractivity contribution in [2.24, 2.45) is 11.8 Å². The summed E-state index contributed by atoms with van der Waals surface area (Å²) in [5.74, 6) is 1.79. The van der Waals surface area contributed by atoms with Gasteiger partial charge in [-0.05, 0) is 54.4 Å². The first-order chi connectivity index (χ1) is 16.3. The maximum Gasteiger partial charge on any atom is 0.295 e. The summed E-state index contributed by atoms with van der Waals surface area (Å²) in [5, 5.41) is 10.2. The summed E-state index contributed by atoms with van der Waals surface area (Å²) >= 11 is 0. The molecule has 34 heavy (non-hydrogen) atoms. The van der Waals surface area contributed by atoms with Crippen LogP contribution in [0, 0.1) is 18.8 Å².